The largest absolute Gasteiger partial charge is 0.395 e. The lowest BCUT2D eigenvalue weighted by Crippen LogP contribution is -2.20. The summed E-state index contributed by atoms with van der Waals surface area (Å²) in [4.78, 5) is 1.90. The molecular weight excluding hydrogens is 164 g/mol. The third kappa shape index (κ3) is 2.46. The van der Waals surface area contributed by atoms with E-state index in [4.69, 9.17) is 10.4 Å². The third-order valence-corrected chi connectivity index (χ3v) is 1.85. The molecule has 13 heavy (non-hydrogen) atoms. The van der Waals surface area contributed by atoms with Crippen LogP contribution in [0.5, 0.6) is 0 Å². The molecule has 0 heterocycles. The third-order valence-electron chi connectivity index (χ3n) is 1.85. The Morgan fingerprint density at radius 3 is 2.92 bits per heavy atom. The molecule has 1 N–H and O–H groups in total. The van der Waals surface area contributed by atoms with Crippen LogP contribution in [0.1, 0.15) is 5.56 Å². The predicted octanol–water partition coefficient (Wildman–Crippen LogP) is 0.987. The van der Waals surface area contributed by atoms with Gasteiger partial charge < -0.3 is 10.0 Å². The van der Waals surface area contributed by atoms with Crippen molar-refractivity contribution in [2.45, 2.75) is 0 Å². The van der Waals surface area contributed by atoms with Gasteiger partial charge in [-0.15, -0.1) is 0 Å². The average Bonchev–Trinajstić information content (AvgIpc) is 2.18. The number of aliphatic hydroxyl groups excluding tert-OH is 1. The van der Waals surface area contributed by atoms with Gasteiger partial charge in [0.05, 0.1) is 18.2 Å². The van der Waals surface area contributed by atoms with Crippen molar-refractivity contribution in [1.82, 2.24) is 0 Å². The molecular formula is C10H12N2O. The Balaban J connectivity index is 2.83. The van der Waals surface area contributed by atoms with Crippen LogP contribution in [0.15, 0.2) is 24.3 Å². The van der Waals surface area contributed by atoms with E-state index >= 15 is 0 Å². The molecule has 0 aliphatic heterocycles. The van der Waals surface area contributed by atoms with Crippen LogP contribution in [0.3, 0.4) is 0 Å². The molecule has 1 aromatic carbocycles. The van der Waals surface area contributed by atoms with Crippen molar-refractivity contribution < 1.29 is 5.11 Å². The van der Waals surface area contributed by atoms with Crippen LogP contribution < -0.4 is 4.90 Å². The molecule has 0 spiro atoms. The first-order chi connectivity index (χ1) is 6.27. The van der Waals surface area contributed by atoms with Crippen LogP contribution in [0.2, 0.25) is 0 Å². The average molecular weight is 176 g/mol. The maximum atomic E-state index is 8.72. The van der Waals surface area contributed by atoms with E-state index in [9.17, 15) is 0 Å². The molecule has 0 atom stereocenters. The highest BCUT2D eigenvalue weighted by molar-refractivity contribution is 5.50. The van der Waals surface area contributed by atoms with Gasteiger partial charge in [-0.1, -0.05) is 6.07 Å². The van der Waals surface area contributed by atoms with E-state index in [1.165, 1.54) is 0 Å². The number of aliphatic hydroxyl groups is 1. The molecule has 0 aromatic heterocycles. The van der Waals surface area contributed by atoms with Crippen molar-refractivity contribution in [1.29, 1.82) is 5.26 Å². The molecule has 0 saturated heterocycles. The van der Waals surface area contributed by atoms with E-state index < -0.39 is 0 Å². The van der Waals surface area contributed by atoms with Crippen molar-refractivity contribution in [3.8, 4) is 6.07 Å². The van der Waals surface area contributed by atoms with Crippen molar-refractivity contribution in [3.05, 3.63) is 29.8 Å². The van der Waals surface area contributed by atoms with Crippen molar-refractivity contribution >= 4 is 5.69 Å². The highest BCUT2D eigenvalue weighted by Gasteiger charge is 1.99. The molecule has 0 amide bonds. The van der Waals surface area contributed by atoms with Gasteiger partial charge in [-0.05, 0) is 18.2 Å². The highest BCUT2D eigenvalue weighted by Crippen LogP contribution is 2.13. The SMILES string of the molecule is CN(CCO)c1cccc(C#N)c1. The Morgan fingerprint density at radius 1 is 1.54 bits per heavy atom. The van der Waals surface area contributed by atoms with E-state index in [1.807, 2.05) is 24.1 Å². The summed E-state index contributed by atoms with van der Waals surface area (Å²) < 4.78 is 0. The van der Waals surface area contributed by atoms with Gasteiger partial charge in [0.1, 0.15) is 0 Å². The van der Waals surface area contributed by atoms with Crippen LogP contribution in [0.25, 0.3) is 0 Å². The zero-order valence-electron chi connectivity index (χ0n) is 7.57. The van der Waals surface area contributed by atoms with E-state index in [1.54, 1.807) is 12.1 Å². The number of hydrogen-bond donors (Lipinski definition) is 1. The van der Waals surface area contributed by atoms with Gasteiger partial charge in [-0.3, -0.25) is 0 Å². The van der Waals surface area contributed by atoms with Gasteiger partial charge in [-0.2, -0.15) is 5.26 Å². The van der Waals surface area contributed by atoms with Crippen molar-refractivity contribution in [2.75, 3.05) is 25.1 Å². The molecule has 68 valence electrons. The minimum absolute atomic E-state index is 0.118. The Labute approximate surface area is 77.8 Å². The Bertz CT molecular complexity index is 317. The van der Waals surface area contributed by atoms with Gasteiger partial charge >= 0.3 is 0 Å². The summed E-state index contributed by atoms with van der Waals surface area (Å²) in [5.41, 5.74) is 1.59. The minimum Gasteiger partial charge on any atom is -0.395 e. The lowest BCUT2D eigenvalue weighted by Gasteiger charge is -2.17. The quantitative estimate of drug-likeness (QED) is 0.747. The second-order valence-electron chi connectivity index (χ2n) is 2.81. The molecule has 0 aliphatic rings. The maximum Gasteiger partial charge on any atom is 0.0992 e. The second kappa shape index (κ2) is 4.48. The van der Waals surface area contributed by atoms with E-state index in [0.717, 1.165) is 5.69 Å². The monoisotopic (exact) mass is 176 g/mol. The first kappa shape index (κ1) is 9.56. The van der Waals surface area contributed by atoms with Crippen LogP contribution in [-0.2, 0) is 0 Å². The van der Waals surface area contributed by atoms with Crippen LogP contribution in [0.4, 0.5) is 5.69 Å². The Kier molecular flexibility index (Phi) is 3.30. The first-order valence-electron chi connectivity index (χ1n) is 4.10. The van der Waals surface area contributed by atoms with Crippen LogP contribution in [-0.4, -0.2) is 25.3 Å². The Hall–Kier alpha value is -1.53. The lowest BCUT2D eigenvalue weighted by atomic mass is 10.2. The highest BCUT2D eigenvalue weighted by atomic mass is 16.3. The second-order valence-corrected chi connectivity index (χ2v) is 2.81. The fourth-order valence-corrected chi connectivity index (χ4v) is 1.09. The molecule has 3 heteroatoms. The molecule has 0 unspecified atom stereocenters. The van der Waals surface area contributed by atoms with Gasteiger partial charge in [0.25, 0.3) is 0 Å². The maximum absolute atomic E-state index is 8.72. The van der Waals surface area contributed by atoms with Crippen molar-refractivity contribution in [2.24, 2.45) is 0 Å². The number of benzene rings is 1. The molecule has 1 aromatic rings. The summed E-state index contributed by atoms with van der Waals surface area (Å²) in [6, 6.07) is 9.38. The van der Waals surface area contributed by atoms with E-state index in [2.05, 4.69) is 6.07 Å². The minimum atomic E-state index is 0.118. The summed E-state index contributed by atoms with van der Waals surface area (Å²) in [5, 5.41) is 17.4. The number of nitriles is 1. The van der Waals surface area contributed by atoms with E-state index in [-0.39, 0.29) is 6.61 Å². The van der Waals surface area contributed by atoms with Gasteiger partial charge in [0, 0.05) is 19.3 Å². The summed E-state index contributed by atoms with van der Waals surface area (Å²) >= 11 is 0. The van der Waals surface area contributed by atoms with Crippen LogP contribution in [0, 0.1) is 11.3 Å². The van der Waals surface area contributed by atoms with E-state index in [0.29, 0.717) is 12.1 Å². The fraction of sp³-hybridized carbons (Fsp3) is 0.300. The summed E-state index contributed by atoms with van der Waals surface area (Å²) in [6.45, 7) is 0.697. The molecule has 0 saturated carbocycles. The topological polar surface area (TPSA) is 47.3 Å². The summed E-state index contributed by atoms with van der Waals surface area (Å²) in [5.74, 6) is 0. The van der Waals surface area contributed by atoms with Crippen molar-refractivity contribution in [3.63, 3.8) is 0 Å². The normalized spacial score (nSPS) is 9.31. The molecule has 3 nitrogen and oxygen atoms in total. The smallest absolute Gasteiger partial charge is 0.0992 e. The number of nitrogens with zero attached hydrogens (tertiary/aromatic N) is 2. The van der Waals surface area contributed by atoms with Gasteiger partial charge in [0.15, 0.2) is 0 Å². The number of rotatable bonds is 3. The molecule has 1 rings (SSSR count). The summed E-state index contributed by atoms with van der Waals surface area (Å²) in [6.07, 6.45) is 0. The zero-order valence-corrected chi connectivity index (χ0v) is 7.57. The zero-order chi connectivity index (χ0) is 9.68. The number of likely N-dealkylation sites (N-methyl/N-ethyl adjacent to an activating group) is 1. The predicted molar refractivity (Wildman–Crippen MR) is 51.5 cm³/mol. The van der Waals surface area contributed by atoms with Gasteiger partial charge in [-0.25, -0.2) is 0 Å². The number of anilines is 1. The molecule has 0 fully saturated rings. The summed E-state index contributed by atoms with van der Waals surface area (Å²) in [7, 11) is 1.88. The van der Waals surface area contributed by atoms with Crippen LogP contribution >= 0.6 is 0 Å². The fourth-order valence-electron chi connectivity index (χ4n) is 1.09. The Morgan fingerprint density at radius 2 is 2.31 bits per heavy atom. The molecule has 0 aliphatic carbocycles. The van der Waals surface area contributed by atoms with Gasteiger partial charge in [0.2, 0.25) is 0 Å². The lowest BCUT2D eigenvalue weighted by molar-refractivity contribution is 0.304. The first-order valence-corrected chi connectivity index (χ1v) is 4.10. The number of hydrogen-bond acceptors (Lipinski definition) is 3. The molecule has 0 radical (unpaired) electrons. The standard InChI is InChI=1S/C10H12N2O/c1-12(5-6-13)10-4-2-3-9(7-10)8-11/h2-4,7,13H,5-6H2,1H3. The molecule has 0 bridgehead atoms.